The van der Waals surface area contributed by atoms with Crippen LogP contribution in [0.4, 0.5) is 0 Å². The largest absolute Gasteiger partial charge is 0.463 e. The number of hydrogen-bond donors (Lipinski definition) is 2. The highest BCUT2D eigenvalue weighted by atomic mass is 32.1. The summed E-state index contributed by atoms with van der Waals surface area (Å²) in [5.41, 5.74) is 0. The monoisotopic (exact) mass is 439 g/mol. The molecule has 168 valence electrons. The highest BCUT2D eigenvalue weighted by Gasteiger charge is 2.34. The van der Waals surface area contributed by atoms with Gasteiger partial charge in [0.1, 0.15) is 12.6 Å². The molecule has 2 saturated heterocycles. The second-order valence-electron chi connectivity index (χ2n) is 8.42. The van der Waals surface area contributed by atoms with Crippen LogP contribution in [0.5, 0.6) is 0 Å². The zero-order chi connectivity index (χ0) is 21.3. The highest BCUT2D eigenvalue weighted by Crippen LogP contribution is 2.27. The summed E-state index contributed by atoms with van der Waals surface area (Å²) in [6, 6.07) is -0.776. The Kier molecular flexibility index (Phi) is 8.87. The second kappa shape index (κ2) is 11.6. The summed E-state index contributed by atoms with van der Waals surface area (Å²) in [6.45, 7) is 1.75. The number of nitrogens with zero attached hydrogens (tertiary/aromatic N) is 1. The lowest BCUT2D eigenvalue weighted by Gasteiger charge is -2.36. The third-order valence-electron chi connectivity index (χ3n) is 6.16. The van der Waals surface area contributed by atoms with Crippen molar-refractivity contribution in [3.05, 3.63) is 0 Å². The summed E-state index contributed by atoms with van der Waals surface area (Å²) < 4.78 is 10.7. The van der Waals surface area contributed by atoms with Crippen LogP contribution in [0.2, 0.25) is 0 Å². The molecule has 30 heavy (non-hydrogen) atoms. The number of esters is 1. The number of carbonyl (C=O) groups is 3. The molecule has 2 unspecified atom stereocenters. The van der Waals surface area contributed by atoms with Crippen molar-refractivity contribution in [2.24, 2.45) is 5.92 Å². The minimum Gasteiger partial charge on any atom is -0.463 e. The maximum Gasteiger partial charge on any atom is 0.308 e. The molecular weight excluding hydrogens is 406 g/mol. The van der Waals surface area contributed by atoms with Gasteiger partial charge in [-0.05, 0) is 37.4 Å². The maximum atomic E-state index is 12.4. The SMILES string of the molecule is O=C(CCC1CCCCC1)NC(=S)N1CCNC(=O)C1CC(=O)OCC1CCCO1. The van der Waals surface area contributed by atoms with E-state index in [1.54, 1.807) is 4.90 Å². The van der Waals surface area contributed by atoms with Crippen LogP contribution >= 0.6 is 12.2 Å². The Morgan fingerprint density at radius 3 is 2.73 bits per heavy atom. The van der Waals surface area contributed by atoms with Crippen molar-refractivity contribution in [2.45, 2.75) is 76.4 Å². The van der Waals surface area contributed by atoms with E-state index in [9.17, 15) is 14.4 Å². The van der Waals surface area contributed by atoms with Crippen LogP contribution in [0, 0.1) is 5.92 Å². The fraction of sp³-hybridized carbons (Fsp3) is 0.810. The first-order valence-electron chi connectivity index (χ1n) is 11.2. The lowest BCUT2D eigenvalue weighted by Crippen LogP contribution is -2.60. The first kappa shape index (κ1) is 22.9. The van der Waals surface area contributed by atoms with Crippen LogP contribution in [0.25, 0.3) is 0 Å². The van der Waals surface area contributed by atoms with E-state index in [0.717, 1.165) is 19.3 Å². The number of piperazine rings is 1. The quantitative estimate of drug-likeness (QED) is 0.460. The number of hydrogen-bond acceptors (Lipinski definition) is 6. The summed E-state index contributed by atoms with van der Waals surface area (Å²) >= 11 is 5.40. The van der Waals surface area contributed by atoms with Crippen LogP contribution in [-0.2, 0) is 23.9 Å². The molecule has 1 aliphatic carbocycles. The molecule has 0 bridgehead atoms. The molecule has 0 aromatic carbocycles. The molecule has 0 radical (unpaired) electrons. The van der Waals surface area contributed by atoms with Gasteiger partial charge in [-0.2, -0.15) is 0 Å². The molecule has 0 aromatic heterocycles. The van der Waals surface area contributed by atoms with E-state index in [0.29, 0.717) is 32.0 Å². The lowest BCUT2D eigenvalue weighted by molar-refractivity contribution is -0.150. The van der Waals surface area contributed by atoms with E-state index in [4.69, 9.17) is 21.7 Å². The average molecular weight is 440 g/mol. The van der Waals surface area contributed by atoms with E-state index in [1.165, 1.54) is 32.1 Å². The van der Waals surface area contributed by atoms with Crippen LogP contribution in [0.3, 0.4) is 0 Å². The zero-order valence-electron chi connectivity index (χ0n) is 17.5. The smallest absolute Gasteiger partial charge is 0.308 e. The molecule has 8 nitrogen and oxygen atoms in total. The number of thiocarbonyl (C=S) groups is 1. The van der Waals surface area contributed by atoms with Gasteiger partial charge in [0, 0.05) is 26.1 Å². The van der Waals surface area contributed by atoms with Crippen molar-refractivity contribution in [3.8, 4) is 0 Å². The number of nitrogens with one attached hydrogen (secondary N) is 2. The molecular formula is C21H33N3O5S. The Balaban J connectivity index is 1.46. The lowest BCUT2D eigenvalue weighted by atomic mass is 9.86. The zero-order valence-corrected chi connectivity index (χ0v) is 18.3. The van der Waals surface area contributed by atoms with Gasteiger partial charge >= 0.3 is 5.97 Å². The molecule has 3 rings (SSSR count). The van der Waals surface area contributed by atoms with Crippen LogP contribution in [0.15, 0.2) is 0 Å². The van der Waals surface area contributed by atoms with Gasteiger partial charge in [0.05, 0.1) is 12.5 Å². The Bertz CT molecular complexity index is 632. The van der Waals surface area contributed by atoms with Gasteiger partial charge in [-0.1, -0.05) is 32.1 Å². The molecule has 1 saturated carbocycles. The minimum atomic E-state index is -0.776. The number of rotatable bonds is 7. The predicted molar refractivity (Wildman–Crippen MR) is 115 cm³/mol. The summed E-state index contributed by atoms with van der Waals surface area (Å²) in [4.78, 5) is 38.6. The van der Waals surface area contributed by atoms with E-state index >= 15 is 0 Å². The van der Waals surface area contributed by atoms with E-state index < -0.39 is 12.0 Å². The summed E-state index contributed by atoms with van der Waals surface area (Å²) in [6.07, 6.45) is 9.15. The molecule has 2 heterocycles. The number of ether oxygens (including phenoxy) is 2. The highest BCUT2D eigenvalue weighted by molar-refractivity contribution is 7.80. The molecule has 0 aromatic rings. The van der Waals surface area contributed by atoms with Crippen molar-refractivity contribution in [2.75, 3.05) is 26.3 Å². The predicted octanol–water partition coefficient (Wildman–Crippen LogP) is 1.66. The normalized spacial score (nSPS) is 24.9. The van der Waals surface area contributed by atoms with Crippen molar-refractivity contribution in [1.29, 1.82) is 0 Å². The van der Waals surface area contributed by atoms with Crippen molar-refractivity contribution in [3.63, 3.8) is 0 Å². The van der Waals surface area contributed by atoms with E-state index in [1.807, 2.05) is 0 Å². The minimum absolute atomic E-state index is 0.0604. The third kappa shape index (κ3) is 6.91. The van der Waals surface area contributed by atoms with Gasteiger partial charge < -0.3 is 25.0 Å². The van der Waals surface area contributed by atoms with Gasteiger partial charge in [0.25, 0.3) is 0 Å². The molecule has 0 spiro atoms. The fourth-order valence-corrected chi connectivity index (χ4v) is 4.74. The Labute approximate surface area is 183 Å². The molecule has 2 aliphatic heterocycles. The molecule has 2 N–H and O–H groups in total. The van der Waals surface area contributed by atoms with Gasteiger partial charge in [-0.15, -0.1) is 0 Å². The third-order valence-corrected chi connectivity index (χ3v) is 6.49. The van der Waals surface area contributed by atoms with Crippen LogP contribution < -0.4 is 10.6 Å². The molecule has 2 amide bonds. The molecule has 3 fully saturated rings. The summed E-state index contributed by atoms with van der Waals surface area (Å²) in [5.74, 6) is -0.264. The van der Waals surface area contributed by atoms with Gasteiger partial charge in [0.15, 0.2) is 5.11 Å². The van der Waals surface area contributed by atoms with Crippen molar-refractivity contribution >= 4 is 35.1 Å². The first-order chi connectivity index (χ1) is 14.5. The van der Waals surface area contributed by atoms with E-state index in [2.05, 4.69) is 10.6 Å². The van der Waals surface area contributed by atoms with E-state index in [-0.39, 0.29) is 36.1 Å². The Morgan fingerprint density at radius 1 is 1.20 bits per heavy atom. The van der Waals surface area contributed by atoms with Gasteiger partial charge in [0.2, 0.25) is 11.8 Å². The fourth-order valence-electron chi connectivity index (χ4n) is 4.40. The average Bonchev–Trinajstić information content (AvgIpc) is 3.26. The topological polar surface area (TPSA) is 97.0 Å². The number of carbonyl (C=O) groups excluding carboxylic acids is 3. The Hall–Kier alpha value is -1.74. The van der Waals surface area contributed by atoms with Crippen LogP contribution in [0.1, 0.15) is 64.2 Å². The second-order valence-corrected chi connectivity index (χ2v) is 8.81. The van der Waals surface area contributed by atoms with Crippen molar-refractivity contribution < 1.29 is 23.9 Å². The van der Waals surface area contributed by atoms with Gasteiger partial charge in [-0.25, -0.2) is 0 Å². The summed E-state index contributed by atoms with van der Waals surface area (Å²) in [5, 5.41) is 5.72. The maximum absolute atomic E-state index is 12.4. The first-order valence-corrected chi connectivity index (χ1v) is 11.6. The standard InChI is InChI=1S/C21H33N3O5S/c25-18(9-8-15-5-2-1-3-6-15)23-21(30)24-11-10-22-20(27)17(24)13-19(26)29-14-16-7-4-12-28-16/h15-17H,1-14H2,(H,22,27)(H,23,25,30). The van der Waals surface area contributed by atoms with Crippen molar-refractivity contribution in [1.82, 2.24) is 15.5 Å². The molecule has 3 aliphatic rings. The molecule has 2 atom stereocenters. The van der Waals surface area contributed by atoms with Crippen LogP contribution in [-0.4, -0.2) is 66.2 Å². The number of amides is 2. The molecule has 9 heteroatoms. The summed E-state index contributed by atoms with van der Waals surface area (Å²) in [7, 11) is 0. The Morgan fingerprint density at radius 2 is 2.00 bits per heavy atom. The van der Waals surface area contributed by atoms with Gasteiger partial charge in [-0.3, -0.25) is 14.4 Å².